The Morgan fingerprint density at radius 3 is 2.65 bits per heavy atom. The maximum atomic E-state index is 13.8. The lowest BCUT2D eigenvalue weighted by molar-refractivity contribution is -0.142. The lowest BCUT2D eigenvalue weighted by atomic mass is 9.94. The van der Waals surface area contributed by atoms with Gasteiger partial charge in [-0.2, -0.15) is 5.09 Å². The van der Waals surface area contributed by atoms with Gasteiger partial charge in [0, 0.05) is 0 Å². The van der Waals surface area contributed by atoms with Crippen molar-refractivity contribution in [3.05, 3.63) is 43.0 Å². The van der Waals surface area contributed by atoms with Crippen molar-refractivity contribution in [1.82, 2.24) is 24.6 Å². The van der Waals surface area contributed by atoms with Gasteiger partial charge in [-0.05, 0) is 32.9 Å². The Morgan fingerprint density at radius 1 is 1.27 bits per heavy atom. The van der Waals surface area contributed by atoms with Crippen LogP contribution in [0.3, 0.4) is 0 Å². The number of carbonyl (C=O) groups excluding carboxylic acids is 1. The van der Waals surface area contributed by atoms with Crippen LogP contribution in [-0.2, 0) is 23.4 Å². The predicted molar refractivity (Wildman–Crippen MR) is 130 cm³/mol. The SMILES string of the molecule is COC(=O)[C@H](C)NP(=O)(Oc1ccccc1)OC(C)C1O[C@@H](n2cnc3c(N)ncnc32)[C@](C)(O)[C@@H]1O. The number of aromatic nitrogens is 4. The number of nitrogen functional groups attached to an aromatic ring is 1. The Hall–Kier alpha value is -3.13. The van der Waals surface area contributed by atoms with Crippen molar-refractivity contribution in [1.29, 1.82) is 0 Å². The number of benzene rings is 1. The van der Waals surface area contributed by atoms with Crippen molar-refractivity contribution < 1.29 is 38.1 Å². The third-order valence-electron chi connectivity index (χ3n) is 5.98. The van der Waals surface area contributed by atoms with E-state index in [1.807, 2.05) is 0 Å². The Kier molecular flexibility index (Phi) is 7.51. The van der Waals surface area contributed by atoms with E-state index in [9.17, 15) is 19.6 Å². The Labute approximate surface area is 212 Å². The summed E-state index contributed by atoms with van der Waals surface area (Å²) in [5.74, 6) is -0.343. The third kappa shape index (κ3) is 5.30. The number of carbonyl (C=O) groups is 1. The Bertz CT molecular complexity index is 1300. The minimum absolute atomic E-state index is 0.139. The summed E-state index contributed by atoms with van der Waals surface area (Å²) in [5.41, 5.74) is 4.60. The number of nitrogens with one attached hydrogen (secondary N) is 1. The molecule has 1 fully saturated rings. The van der Waals surface area contributed by atoms with Gasteiger partial charge in [0.15, 0.2) is 17.7 Å². The van der Waals surface area contributed by atoms with Gasteiger partial charge in [-0.1, -0.05) is 18.2 Å². The topological polar surface area (TPSA) is 193 Å². The molecule has 1 saturated heterocycles. The molecule has 0 saturated carbocycles. The van der Waals surface area contributed by atoms with Gasteiger partial charge in [0.05, 0.1) is 19.5 Å². The van der Waals surface area contributed by atoms with E-state index in [-0.39, 0.29) is 17.2 Å². The molecule has 200 valence electrons. The van der Waals surface area contributed by atoms with Gasteiger partial charge in [0.25, 0.3) is 0 Å². The number of fused-ring (bicyclic) bond motifs is 1. The summed E-state index contributed by atoms with van der Waals surface area (Å²) in [4.78, 5) is 24.2. The van der Waals surface area contributed by atoms with E-state index >= 15 is 0 Å². The van der Waals surface area contributed by atoms with Crippen LogP contribution in [0, 0.1) is 0 Å². The van der Waals surface area contributed by atoms with Crippen LogP contribution in [0.2, 0.25) is 0 Å². The molecule has 7 atom stereocenters. The number of hydrogen-bond acceptors (Lipinski definition) is 12. The van der Waals surface area contributed by atoms with E-state index in [4.69, 9.17) is 24.3 Å². The van der Waals surface area contributed by atoms with Crippen LogP contribution in [0.1, 0.15) is 27.0 Å². The smallest absolute Gasteiger partial charge is 0.459 e. The van der Waals surface area contributed by atoms with Crippen molar-refractivity contribution in [2.75, 3.05) is 12.8 Å². The van der Waals surface area contributed by atoms with Crippen molar-refractivity contribution in [2.24, 2.45) is 0 Å². The summed E-state index contributed by atoms with van der Waals surface area (Å²) in [6.45, 7) is 4.30. The Balaban J connectivity index is 1.60. The molecule has 1 aliphatic rings. The molecule has 3 heterocycles. The molecule has 0 aliphatic carbocycles. The summed E-state index contributed by atoms with van der Waals surface area (Å²) < 4.78 is 37.3. The van der Waals surface area contributed by atoms with E-state index in [1.54, 1.807) is 30.3 Å². The monoisotopic (exact) mass is 536 g/mol. The van der Waals surface area contributed by atoms with E-state index in [0.29, 0.717) is 5.52 Å². The van der Waals surface area contributed by atoms with Crippen LogP contribution in [0.15, 0.2) is 43.0 Å². The lowest BCUT2D eigenvalue weighted by Gasteiger charge is -2.29. The maximum absolute atomic E-state index is 13.8. The zero-order valence-electron chi connectivity index (χ0n) is 20.6. The van der Waals surface area contributed by atoms with Crippen molar-refractivity contribution >= 4 is 30.7 Å². The number of nitrogens with zero attached hydrogens (tertiary/aromatic N) is 4. The fraction of sp³-hybridized carbons (Fsp3) is 0.455. The van der Waals surface area contributed by atoms with E-state index in [0.717, 1.165) is 0 Å². The number of nitrogens with two attached hydrogens (primary N) is 1. The second kappa shape index (κ2) is 10.3. The zero-order chi connectivity index (χ0) is 27.0. The molecule has 0 bridgehead atoms. The number of aliphatic hydroxyl groups excluding tert-OH is 1. The summed E-state index contributed by atoms with van der Waals surface area (Å²) in [5, 5.41) is 24.7. The molecule has 0 radical (unpaired) electrons. The lowest BCUT2D eigenvalue weighted by Crippen LogP contribution is -2.46. The molecule has 14 nitrogen and oxygen atoms in total. The average Bonchev–Trinajstić information content (AvgIpc) is 3.38. The first-order valence-electron chi connectivity index (χ1n) is 11.3. The van der Waals surface area contributed by atoms with Gasteiger partial charge in [0.2, 0.25) is 0 Å². The summed E-state index contributed by atoms with van der Waals surface area (Å²) in [6.07, 6.45) is -2.34. The molecular formula is C22H29N6O8P. The molecule has 0 spiro atoms. The molecule has 1 aliphatic heterocycles. The molecular weight excluding hydrogens is 507 g/mol. The minimum atomic E-state index is -4.25. The van der Waals surface area contributed by atoms with Gasteiger partial charge in [-0.25, -0.2) is 19.5 Å². The van der Waals surface area contributed by atoms with E-state index < -0.39 is 49.9 Å². The second-order valence-electron chi connectivity index (χ2n) is 8.79. The first-order valence-corrected chi connectivity index (χ1v) is 12.9. The van der Waals surface area contributed by atoms with Gasteiger partial charge in [0.1, 0.15) is 41.4 Å². The predicted octanol–water partition coefficient (Wildman–Crippen LogP) is 1.16. The van der Waals surface area contributed by atoms with Crippen LogP contribution in [0.4, 0.5) is 5.82 Å². The molecule has 2 aromatic heterocycles. The number of hydrogen-bond donors (Lipinski definition) is 4. The normalized spacial score (nSPS) is 26.9. The second-order valence-corrected chi connectivity index (χ2v) is 10.4. The largest absolute Gasteiger partial charge is 0.468 e. The summed E-state index contributed by atoms with van der Waals surface area (Å²) in [6, 6.07) is 7.15. The zero-order valence-corrected chi connectivity index (χ0v) is 21.5. The highest BCUT2D eigenvalue weighted by Crippen LogP contribution is 2.49. The standard InChI is InChI=1S/C22H29N6O8P/c1-12(20(30)33-4)27-37(32,36-14-8-6-5-7-9-14)35-13(2)16-17(29)22(3,31)21(34-16)28-11-26-15-18(23)24-10-25-19(15)28/h5-13,16-17,21,29,31H,1-4H3,(H,27,32)(H2,23,24,25)/t12-,13?,16?,17+,21+,22+,37?/m0/s1. The number of para-hydroxylation sites is 1. The van der Waals surface area contributed by atoms with Gasteiger partial charge >= 0.3 is 13.7 Å². The number of methoxy groups -OCH3 is 1. The van der Waals surface area contributed by atoms with Crippen molar-refractivity contribution in [2.45, 2.75) is 57.0 Å². The van der Waals surface area contributed by atoms with Crippen molar-refractivity contribution in [3.63, 3.8) is 0 Å². The molecule has 0 amide bonds. The average molecular weight is 536 g/mol. The first-order chi connectivity index (χ1) is 17.5. The van der Waals surface area contributed by atoms with Gasteiger partial charge in [-0.3, -0.25) is 13.9 Å². The fourth-order valence-corrected chi connectivity index (χ4v) is 5.73. The number of rotatable bonds is 9. The number of aliphatic hydroxyl groups is 2. The maximum Gasteiger partial charge on any atom is 0.459 e. The van der Waals surface area contributed by atoms with Crippen LogP contribution in [0.25, 0.3) is 11.2 Å². The molecule has 5 N–H and O–H groups in total. The fourth-order valence-electron chi connectivity index (χ4n) is 4.04. The van der Waals surface area contributed by atoms with Crippen molar-refractivity contribution in [3.8, 4) is 5.75 Å². The van der Waals surface area contributed by atoms with Crippen LogP contribution in [-0.4, -0.2) is 72.8 Å². The number of anilines is 1. The molecule has 1 aromatic carbocycles. The summed E-state index contributed by atoms with van der Waals surface area (Å²) in [7, 11) is -3.06. The number of esters is 1. The van der Waals surface area contributed by atoms with Crippen LogP contribution >= 0.6 is 7.75 Å². The van der Waals surface area contributed by atoms with E-state index in [1.165, 1.54) is 45.1 Å². The van der Waals surface area contributed by atoms with Gasteiger partial charge in [-0.15, -0.1) is 0 Å². The third-order valence-corrected chi connectivity index (χ3v) is 7.74. The van der Waals surface area contributed by atoms with Gasteiger partial charge < -0.3 is 29.9 Å². The van der Waals surface area contributed by atoms with Crippen LogP contribution < -0.4 is 15.3 Å². The quantitative estimate of drug-likeness (QED) is 0.225. The minimum Gasteiger partial charge on any atom is -0.468 e. The first kappa shape index (κ1) is 26.9. The van der Waals surface area contributed by atoms with Crippen LogP contribution in [0.5, 0.6) is 5.75 Å². The molecule has 15 heteroatoms. The number of imidazole rings is 1. The molecule has 4 rings (SSSR count). The summed E-state index contributed by atoms with van der Waals surface area (Å²) >= 11 is 0. The highest BCUT2D eigenvalue weighted by atomic mass is 31.2. The highest BCUT2D eigenvalue weighted by molar-refractivity contribution is 7.52. The highest BCUT2D eigenvalue weighted by Gasteiger charge is 2.56. The molecule has 37 heavy (non-hydrogen) atoms. The number of ether oxygens (including phenoxy) is 2. The van der Waals surface area contributed by atoms with E-state index in [2.05, 4.69) is 20.0 Å². The molecule has 3 aromatic rings. The molecule has 3 unspecified atom stereocenters. The Morgan fingerprint density at radius 2 is 1.97 bits per heavy atom.